The fourth-order valence-electron chi connectivity index (χ4n) is 2.43. The molecule has 0 saturated heterocycles. The van der Waals surface area contributed by atoms with E-state index in [0.29, 0.717) is 17.5 Å². The number of nitrogens with zero attached hydrogens (tertiary/aromatic N) is 4. The molecule has 0 fully saturated rings. The standard InChI is InChI=1S/C17H13ClN4OS/c1-2-23-12-7-5-6-11(10-12)15-19-20-17-22(15)21-16(24-17)13-8-3-4-9-14(13)18/h3-10H,2H2,1H3. The molecule has 0 unspecified atom stereocenters. The first-order chi connectivity index (χ1) is 11.8. The molecule has 0 atom stereocenters. The lowest BCUT2D eigenvalue weighted by Crippen LogP contribution is -1.94. The monoisotopic (exact) mass is 356 g/mol. The molecule has 0 saturated carbocycles. The SMILES string of the molecule is CCOc1cccc(-c2nnc3sc(-c4ccccc4Cl)nn23)c1. The Bertz CT molecular complexity index is 1010. The van der Waals surface area contributed by atoms with Gasteiger partial charge in [0.05, 0.1) is 11.6 Å². The Morgan fingerprint density at radius 1 is 1.12 bits per heavy atom. The van der Waals surface area contributed by atoms with Gasteiger partial charge in [-0.2, -0.15) is 9.61 Å². The Balaban J connectivity index is 1.81. The Morgan fingerprint density at radius 3 is 2.83 bits per heavy atom. The van der Waals surface area contributed by atoms with E-state index >= 15 is 0 Å². The predicted octanol–water partition coefficient (Wildman–Crippen LogP) is 4.57. The molecule has 2 aromatic heterocycles. The van der Waals surface area contributed by atoms with Crippen LogP contribution in [0.25, 0.3) is 26.9 Å². The smallest absolute Gasteiger partial charge is 0.235 e. The summed E-state index contributed by atoms with van der Waals surface area (Å²) in [5, 5.41) is 14.6. The van der Waals surface area contributed by atoms with Crippen LogP contribution in [0.2, 0.25) is 5.02 Å². The van der Waals surface area contributed by atoms with Crippen molar-refractivity contribution in [1.29, 1.82) is 0 Å². The van der Waals surface area contributed by atoms with Gasteiger partial charge >= 0.3 is 0 Å². The summed E-state index contributed by atoms with van der Waals surface area (Å²) in [6.07, 6.45) is 0. The number of hydrogen-bond donors (Lipinski definition) is 0. The number of ether oxygens (including phenoxy) is 1. The second-order valence-corrected chi connectivity index (χ2v) is 6.43. The third kappa shape index (κ3) is 2.64. The van der Waals surface area contributed by atoms with Crippen LogP contribution >= 0.6 is 22.9 Å². The van der Waals surface area contributed by atoms with E-state index < -0.39 is 0 Å². The minimum Gasteiger partial charge on any atom is -0.494 e. The van der Waals surface area contributed by atoms with Crippen LogP contribution in [-0.2, 0) is 0 Å². The molecule has 0 amide bonds. The largest absolute Gasteiger partial charge is 0.494 e. The maximum Gasteiger partial charge on any atom is 0.235 e. The van der Waals surface area contributed by atoms with Gasteiger partial charge in [-0.25, -0.2) is 0 Å². The van der Waals surface area contributed by atoms with Gasteiger partial charge in [0.15, 0.2) is 5.82 Å². The van der Waals surface area contributed by atoms with E-state index in [2.05, 4.69) is 15.3 Å². The molecule has 0 aliphatic rings. The zero-order chi connectivity index (χ0) is 16.5. The Hall–Kier alpha value is -2.44. The summed E-state index contributed by atoms with van der Waals surface area (Å²) in [7, 11) is 0. The highest BCUT2D eigenvalue weighted by atomic mass is 35.5. The molecule has 7 heteroatoms. The fraction of sp³-hybridized carbons (Fsp3) is 0.118. The maximum atomic E-state index is 6.27. The molecule has 0 radical (unpaired) electrons. The zero-order valence-electron chi connectivity index (χ0n) is 12.8. The first-order valence-corrected chi connectivity index (χ1v) is 8.66. The summed E-state index contributed by atoms with van der Waals surface area (Å²) >= 11 is 7.73. The molecular weight excluding hydrogens is 344 g/mol. The third-order valence-electron chi connectivity index (χ3n) is 3.50. The molecule has 0 aliphatic carbocycles. The maximum absolute atomic E-state index is 6.27. The lowest BCUT2D eigenvalue weighted by Gasteiger charge is -2.04. The molecular formula is C17H13ClN4OS. The van der Waals surface area contributed by atoms with E-state index in [1.807, 2.05) is 55.5 Å². The number of halogens is 1. The van der Waals surface area contributed by atoms with Crippen LogP contribution in [0.4, 0.5) is 0 Å². The normalized spacial score (nSPS) is 11.1. The van der Waals surface area contributed by atoms with Crippen LogP contribution in [0, 0.1) is 0 Å². The second kappa shape index (κ2) is 6.22. The van der Waals surface area contributed by atoms with Crippen molar-refractivity contribution >= 4 is 27.9 Å². The van der Waals surface area contributed by atoms with E-state index in [1.54, 1.807) is 4.52 Å². The highest BCUT2D eigenvalue weighted by Gasteiger charge is 2.16. The van der Waals surface area contributed by atoms with Crippen molar-refractivity contribution in [3.8, 4) is 27.7 Å². The molecule has 24 heavy (non-hydrogen) atoms. The Morgan fingerprint density at radius 2 is 2.00 bits per heavy atom. The van der Waals surface area contributed by atoms with Gasteiger partial charge in [0, 0.05) is 11.1 Å². The van der Waals surface area contributed by atoms with Crippen LogP contribution in [0.5, 0.6) is 5.75 Å². The summed E-state index contributed by atoms with van der Waals surface area (Å²) < 4.78 is 7.30. The van der Waals surface area contributed by atoms with Gasteiger partial charge in [0.1, 0.15) is 10.8 Å². The van der Waals surface area contributed by atoms with Gasteiger partial charge in [-0.1, -0.05) is 53.3 Å². The summed E-state index contributed by atoms with van der Waals surface area (Å²) in [4.78, 5) is 0.724. The summed E-state index contributed by atoms with van der Waals surface area (Å²) in [5.74, 6) is 1.48. The van der Waals surface area contributed by atoms with E-state index in [1.165, 1.54) is 11.3 Å². The van der Waals surface area contributed by atoms with Gasteiger partial charge in [-0.05, 0) is 25.1 Å². The number of fused-ring (bicyclic) bond motifs is 1. The Kier molecular flexibility index (Phi) is 3.92. The Labute approximate surface area is 147 Å². The second-order valence-electron chi connectivity index (χ2n) is 5.07. The van der Waals surface area contributed by atoms with Gasteiger partial charge in [-0.15, -0.1) is 10.2 Å². The molecule has 0 N–H and O–H groups in total. The lowest BCUT2D eigenvalue weighted by atomic mass is 10.2. The van der Waals surface area contributed by atoms with Crippen molar-refractivity contribution in [1.82, 2.24) is 19.8 Å². The first-order valence-electron chi connectivity index (χ1n) is 7.46. The molecule has 4 rings (SSSR count). The van der Waals surface area contributed by atoms with Crippen LogP contribution in [-0.4, -0.2) is 26.4 Å². The van der Waals surface area contributed by atoms with E-state index in [9.17, 15) is 0 Å². The predicted molar refractivity (Wildman–Crippen MR) is 95.7 cm³/mol. The van der Waals surface area contributed by atoms with Gasteiger partial charge in [0.25, 0.3) is 0 Å². The summed E-state index contributed by atoms with van der Waals surface area (Å²) in [6, 6.07) is 15.4. The molecule has 0 spiro atoms. The van der Waals surface area contributed by atoms with Crippen LogP contribution in [0.15, 0.2) is 48.5 Å². The summed E-state index contributed by atoms with van der Waals surface area (Å²) in [6.45, 7) is 2.57. The van der Waals surface area contributed by atoms with E-state index in [-0.39, 0.29) is 0 Å². The first kappa shape index (κ1) is 15.1. The number of hydrogen-bond acceptors (Lipinski definition) is 5. The number of aromatic nitrogens is 4. The van der Waals surface area contributed by atoms with Crippen LogP contribution in [0.1, 0.15) is 6.92 Å². The highest BCUT2D eigenvalue weighted by Crippen LogP contribution is 2.32. The molecule has 4 aromatic rings. The van der Waals surface area contributed by atoms with Crippen molar-refractivity contribution in [2.45, 2.75) is 6.92 Å². The molecule has 0 aliphatic heterocycles. The lowest BCUT2D eigenvalue weighted by molar-refractivity contribution is 0.340. The highest BCUT2D eigenvalue weighted by molar-refractivity contribution is 7.19. The van der Waals surface area contributed by atoms with E-state index in [4.69, 9.17) is 16.3 Å². The van der Waals surface area contributed by atoms with Gasteiger partial charge in [0.2, 0.25) is 4.96 Å². The average Bonchev–Trinajstić information content (AvgIpc) is 3.16. The van der Waals surface area contributed by atoms with Crippen LogP contribution < -0.4 is 4.74 Å². The summed E-state index contributed by atoms with van der Waals surface area (Å²) in [5.41, 5.74) is 1.80. The number of rotatable bonds is 4. The van der Waals surface area contributed by atoms with Crippen molar-refractivity contribution < 1.29 is 4.74 Å². The van der Waals surface area contributed by atoms with Crippen LogP contribution in [0.3, 0.4) is 0 Å². The third-order valence-corrected chi connectivity index (χ3v) is 4.76. The molecule has 2 heterocycles. The average molecular weight is 357 g/mol. The zero-order valence-corrected chi connectivity index (χ0v) is 14.4. The van der Waals surface area contributed by atoms with Crippen molar-refractivity contribution in [3.63, 3.8) is 0 Å². The van der Waals surface area contributed by atoms with Gasteiger partial charge in [-0.3, -0.25) is 0 Å². The number of benzene rings is 2. The minimum absolute atomic E-state index is 0.617. The molecule has 2 aromatic carbocycles. The molecule has 0 bridgehead atoms. The minimum atomic E-state index is 0.617. The van der Waals surface area contributed by atoms with Crippen molar-refractivity contribution in [2.24, 2.45) is 0 Å². The quantitative estimate of drug-likeness (QED) is 0.537. The fourth-order valence-corrected chi connectivity index (χ4v) is 3.59. The topological polar surface area (TPSA) is 52.3 Å². The van der Waals surface area contributed by atoms with Gasteiger partial charge < -0.3 is 4.74 Å². The molecule has 5 nitrogen and oxygen atoms in total. The molecule has 120 valence electrons. The van der Waals surface area contributed by atoms with Crippen molar-refractivity contribution in [2.75, 3.05) is 6.61 Å². The van der Waals surface area contributed by atoms with E-state index in [0.717, 1.165) is 26.8 Å². The van der Waals surface area contributed by atoms with Crippen molar-refractivity contribution in [3.05, 3.63) is 53.6 Å².